The lowest BCUT2D eigenvalue weighted by Crippen LogP contribution is -2.38. The number of carbonyl (C=O) groups excluding carboxylic acids is 1. The second-order valence-corrected chi connectivity index (χ2v) is 6.27. The third kappa shape index (κ3) is 4.12. The lowest BCUT2D eigenvalue weighted by atomic mass is 10.0. The summed E-state index contributed by atoms with van der Waals surface area (Å²) in [6, 6.07) is -0.685. The highest BCUT2D eigenvalue weighted by Gasteiger charge is 2.53. The van der Waals surface area contributed by atoms with Crippen LogP contribution in [0.25, 0.3) is 0 Å². The molecule has 0 aromatic rings. The Morgan fingerprint density at radius 2 is 1.86 bits per heavy atom. The van der Waals surface area contributed by atoms with Gasteiger partial charge in [0.2, 0.25) is 0 Å². The summed E-state index contributed by atoms with van der Waals surface area (Å²) in [5.41, 5.74) is 0. The zero-order valence-corrected chi connectivity index (χ0v) is 13.4. The Balaban J connectivity index is 1.59. The van der Waals surface area contributed by atoms with Crippen molar-refractivity contribution >= 4 is 6.09 Å². The van der Waals surface area contributed by atoms with Crippen molar-refractivity contribution in [2.45, 2.75) is 76.2 Å². The molecule has 128 valence electrons. The second-order valence-electron chi connectivity index (χ2n) is 6.27. The second kappa shape index (κ2) is 8.70. The van der Waals surface area contributed by atoms with Crippen molar-refractivity contribution in [3.05, 3.63) is 0 Å². The lowest BCUT2D eigenvalue weighted by Gasteiger charge is -2.22. The van der Waals surface area contributed by atoms with E-state index in [9.17, 15) is 15.0 Å². The predicted molar refractivity (Wildman–Crippen MR) is 81.6 cm³/mol. The zero-order valence-electron chi connectivity index (χ0n) is 13.4. The Morgan fingerprint density at radius 3 is 2.64 bits per heavy atom. The van der Waals surface area contributed by atoms with Crippen LogP contribution in [-0.2, 0) is 9.47 Å². The van der Waals surface area contributed by atoms with E-state index in [1.807, 2.05) is 0 Å². The molecule has 0 spiro atoms. The highest BCUT2D eigenvalue weighted by molar-refractivity contribution is 5.71. The van der Waals surface area contributed by atoms with Gasteiger partial charge in [-0.2, -0.15) is 0 Å². The molecule has 6 heteroatoms. The number of cyclic esters (lactones) is 1. The number of hydrogen-bond donors (Lipinski definition) is 2. The molecule has 0 aromatic heterocycles. The average molecular weight is 315 g/mol. The van der Waals surface area contributed by atoms with E-state index in [1.165, 1.54) is 4.90 Å². The Hall–Kier alpha value is -0.850. The number of carbonyl (C=O) groups is 1. The van der Waals surface area contributed by atoms with E-state index in [0.29, 0.717) is 6.42 Å². The number of aliphatic hydroxyl groups excluding tert-OH is 2. The van der Waals surface area contributed by atoms with Crippen LogP contribution in [0.4, 0.5) is 4.79 Å². The molecule has 0 unspecified atom stereocenters. The Bertz CT molecular complexity index is 351. The summed E-state index contributed by atoms with van der Waals surface area (Å²) in [7, 11) is 0. The first-order chi connectivity index (χ1) is 10.7. The van der Waals surface area contributed by atoms with E-state index in [2.05, 4.69) is 6.92 Å². The molecular weight excluding hydrogens is 286 g/mol. The third-order valence-corrected chi connectivity index (χ3v) is 4.62. The van der Waals surface area contributed by atoms with E-state index in [4.69, 9.17) is 9.47 Å². The molecule has 2 aliphatic heterocycles. The van der Waals surface area contributed by atoms with E-state index in [0.717, 1.165) is 51.7 Å². The summed E-state index contributed by atoms with van der Waals surface area (Å²) >= 11 is 0. The van der Waals surface area contributed by atoms with E-state index < -0.39 is 18.3 Å². The van der Waals surface area contributed by atoms with Gasteiger partial charge in [0.15, 0.2) is 0 Å². The van der Waals surface area contributed by atoms with Crippen LogP contribution in [0.1, 0.15) is 51.9 Å². The minimum atomic E-state index is -0.886. The van der Waals surface area contributed by atoms with Gasteiger partial charge in [-0.25, -0.2) is 4.79 Å². The summed E-state index contributed by atoms with van der Waals surface area (Å²) in [5, 5.41) is 20.0. The number of amides is 1. The maximum atomic E-state index is 11.7. The zero-order chi connectivity index (χ0) is 15.9. The summed E-state index contributed by atoms with van der Waals surface area (Å²) in [4.78, 5) is 13.2. The predicted octanol–water partition coefficient (Wildman–Crippen LogP) is 1.68. The molecule has 0 bridgehead atoms. The highest BCUT2D eigenvalue weighted by Crippen LogP contribution is 2.33. The van der Waals surface area contributed by atoms with Gasteiger partial charge in [0.05, 0.1) is 12.1 Å². The monoisotopic (exact) mass is 315 g/mol. The largest absolute Gasteiger partial charge is 0.447 e. The molecule has 2 fully saturated rings. The van der Waals surface area contributed by atoms with E-state index >= 15 is 0 Å². The molecule has 2 rings (SSSR count). The van der Waals surface area contributed by atoms with Gasteiger partial charge < -0.3 is 19.7 Å². The quantitative estimate of drug-likeness (QED) is 0.600. The van der Waals surface area contributed by atoms with Crippen LogP contribution >= 0.6 is 0 Å². The van der Waals surface area contributed by atoms with Crippen LogP contribution in [0.3, 0.4) is 0 Å². The van der Waals surface area contributed by atoms with Gasteiger partial charge in [0, 0.05) is 13.2 Å². The molecule has 0 radical (unpaired) electrons. The minimum absolute atomic E-state index is 0.183. The molecule has 2 N–H and O–H groups in total. The van der Waals surface area contributed by atoms with Gasteiger partial charge in [0.25, 0.3) is 0 Å². The molecular formula is C16H29NO5. The van der Waals surface area contributed by atoms with Crippen molar-refractivity contribution in [3.8, 4) is 0 Å². The summed E-state index contributed by atoms with van der Waals surface area (Å²) in [6.45, 7) is 3.99. The molecule has 22 heavy (non-hydrogen) atoms. The molecule has 0 aromatic carbocycles. The van der Waals surface area contributed by atoms with Gasteiger partial charge in [-0.3, -0.25) is 4.90 Å². The number of fused-ring (bicyclic) bond motifs is 1. The topological polar surface area (TPSA) is 79.2 Å². The first-order valence-electron chi connectivity index (χ1n) is 8.55. The van der Waals surface area contributed by atoms with Crippen molar-refractivity contribution in [3.63, 3.8) is 0 Å². The number of nitrogens with zero attached hydrogens (tertiary/aromatic N) is 1. The van der Waals surface area contributed by atoms with E-state index in [1.54, 1.807) is 0 Å². The summed E-state index contributed by atoms with van der Waals surface area (Å²) < 4.78 is 10.5. The molecule has 1 amide bonds. The number of unbranched alkanes of at least 4 members (excludes halogenated alkanes) is 4. The first kappa shape index (κ1) is 17.5. The van der Waals surface area contributed by atoms with Gasteiger partial charge >= 0.3 is 6.09 Å². The number of hydrogen-bond acceptors (Lipinski definition) is 5. The van der Waals surface area contributed by atoms with Gasteiger partial charge in [0.1, 0.15) is 18.8 Å². The third-order valence-electron chi connectivity index (χ3n) is 4.62. The lowest BCUT2D eigenvalue weighted by molar-refractivity contribution is 0.0168. The van der Waals surface area contributed by atoms with Crippen LogP contribution in [0.5, 0.6) is 0 Å². The standard InChI is InChI=1S/C16H29NO5/c1-2-3-9-21-10-7-5-4-6-8-12-14(18)15(19)13-11-22-16(20)17(12)13/h12-15,18-19H,2-11H2,1H3/t12-,13-,14-,15-/m0/s1. The number of aliphatic hydroxyl groups is 2. The molecule has 2 heterocycles. The van der Waals surface area contributed by atoms with Crippen molar-refractivity contribution in [2.75, 3.05) is 19.8 Å². The molecule has 0 saturated carbocycles. The summed E-state index contributed by atoms with van der Waals surface area (Å²) in [5.74, 6) is 0. The van der Waals surface area contributed by atoms with Crippen molar-refractivity contribution < 1.29 is 24.5 Å². The maximum absolute atomic E-state index is 11.7. The fourth-order valence-electron chi connectivity index (χ4n) is 3.28. The fraction of sp³-hybridized carbons (Fsp3) is 0.938. The normalized spacial score (nSPS) is 30.7. The van der Waals surface area contributed by atoms with Crippen molar-refractivity contribution in [1.82, 2.24) is 4.90 Å². The molecule has 4 atom stereocenters. The van der Waals surface area contributed by atoms with E-state index in [-0.39, 0.29) is 18.7 Å². The van der Waals surface area contributed by atoms with Gasteiger partial charge in [-0.05, 0) is 19.3 Å². The van der Waals surface area contributed by atoms with Gasteiger partial charge in [-0.1, -0.05) is 32.6 Å². The molecule has 0 aliphatic carbocycles. The smallest absolute Gasteiger partial charge is 0.410 e. The highest BCUT2D eigenvalue weighted by atomic mass is 16.6. The molecule has 6 nitrogen and oxygen atoms in total. The number of ether oxygens (including phenoxy) is 2. The van der Waals surface area contributed by atoms with Crippen LogP contribution in [0.2, 0.25) is 0 Å². The maximum Gasteiger partial charge on any atom is 0.410 e. The fourth-order valence-corrected chi connectivity index (χ4v) is 3.28. The van der Waals surface area contributed by atoms with Crippen LogP contribution in [0.15, 0.2) is 0 Å². The molecule has 2 aliphatic rings. The van der Waals surface area contributed by atoms with Gasteiger partial charge in [-0.15, -0.1) is 0 Å². The first-order valence-corrected chi connectivity index (χ1v) is 8.55. The van der Waals surface area contributed by atoms with Crippen molar-refractivity contribution in [2.24, 2.45) is 0 Å². The van der Waals surface area contributed by atoms with Crippen LogP contribution in [-0.4, -0.2) is 65.3 Å². The Labute approximate surface area is 132 Å². The average Bonchev–Trinajstić information content (AvgIpc) is 2.99. The SMILES string of the molecule is CCCCOCCCCCC[C@H]1[C@H](O)[C@@H](O)[C@@H]2COC(=O)N12. The Kier molecular flexibility index (Phi) is 6.92. The molecule has 2 saturated heterocycles. The van der Waals surface area contributed by atoms with Crippen LogP contribution in [0, 0.1) is 0 Å². The number of rotatable bonds is 10. The Morgan fingerprint density at radius 1 is 1.14 bits per heavy atom. The summed E-state index contributed by atoms with van der Waals surface area (Å²) in [6.07, 6.45) is 4.96. The van der Waals surface area contributed by atoms with Crippen molar-refractivity contribution in [1.29, 1.82) is 0 Å². The minimum Gasteiger partial charge on any atom is -0.447 e. The van der Waals surface area contributed by atoms with Crippen LogP contribution < -0.4 is 0 Å².